The number of hydrogen-bond acceptors (Lipinski definition) is 2. The van der Waals surface area contributed by atoms with Crippen molar-refractivity contribution in [3.63, 3.8) is 0 Å². The first-order valence-electron chi connectivity index (χ1n) is 6.17. The average Bonchev–Trinajstić information content (AvgIpc) is 2.21. The molecule has 1 rings (SSSR count). The Morgan fingerprint density at radius 1 is 1.44 bits per heavy atom. The highest BCUT2D eigenvalue weighted by molar-refractivity contribution is 6.31. The summed E-state index contributed by atoms with van der Waals surface area (Å²) in [5.41, 5.74) is -0.0504. The first kappa shape index (κ1) is 15.4. The molecule has 2 nitrogen and oxygen atoms in total. The number of benzene rings is 1. The van der Waals surface area contributed by atoms with Crippen molar-refractivity contribution in [1.29, 1.82) is 0 Å². The van der Waals surface area contributed by atoms with Gasteiger partial charge in [-0.05, 0) is 43.0 Å². The summed E-state index contributed by atoms with van der Waals surface area (Å²) in [5.74, 6) is 0.129. The molecule has 0 amide bonds. The molecule has 1 atom stereocenters. The Bertz CT molecular complexity index is 393. The van der Waals surface area contributed by atoms with Gasteiger partial charge in [0.2, 0.25) is 0 Å². The van der Waals surface area contributed by atoms with Crippen LogP contribution in [0.1, 0.15) is 32.8 Å². The highest BCUT2D eigenvalue weighted by atomic mass is 35.5. The fraction of sp³-hybridized carbons (Fsp3) is 0.571. The van der Waals surface area contributed by atoms with E-state index in [4.69, 9.17) is 11.6 Å². The summed E-state index contributed by atoms with van der Waals surface area (Å²) in [4.78, 5) is 0. The van der Waals surface area contributed by atoms with Gasteiger partial charge in [-0.15, -0.1) is 0 Å². The van der Waals surface area contributed by atoms with Crippen LogP contribution in [0.3, 0.4) is 0 Å². The predicted molar refractivity (Wildman–Crippen MR) is 73.2 cm³/mol. The summed E-state index contributed by atoms with van der Waals surface area (Å²) < 4.78 is 13.0. The van der Waals surface area contributed by atoms with Crippen LogP contribution in [0.2, 0.25) is 5.02 Å². The van der Waals surface area contributed by atoms with Gasteiger partial charge < -0.3 is 10.4 Å². The molecule has 0 spiro atoms. The van der Waals surface area contributed by atoms with Gasteiger partial charge in [0.05, 0.1) is 5.60 Å². The van der Waals surface area contributed by atoms with Crippen molar-refractivity contribution >= 4 is 11.6 Å². The van der Waals surface area contributed by atoms with Crippen molar-refractivity contribution in [2.45, 2.75) is 39.3 Å². The summed E-state index contributed by atoms with van der Waals surface area (Å²) >= 11 is 5.96. The van der Waals surface area contributed by atoms with E-state index in [1.165, 1.54) is 12.1 Å². The Morgan fingerprint density at radius 2 is 2.11 bits per heavy atom. The van der Waals surface area contributed by atoms with Crippen molar-refractivity contribution in [1.82, 2.24) is 5.32 Å². The summed E-state index contributed by atoms with van der Waals surface area (Å²) in [5, 5.41) is 13.8. The molecular formula is C14H21ClFNO. The van der Waals surface area contributed by atoms with E-state index in [2.05, 4.69) is 19.2 Å². The molecule has 102 valence electrons. The van der Waals surface area contributed by atoms with Gasteiger partial charge in [0.1, 0.15) is 5.82 Å². The molecule has 0 aliphatic heterocycles. The third kappa shape index (κ3) is 5.34. The van der Waals surface area contributed by atoms with Gasteiger partial charge in [-0.25, -0.2) is 4.39 Å². The maximum atomic E-state index is 13.0. The van der Waals surface area contributed by atoms with E-state index < -0.39 is 5.60 Å². The molecule has 1 aromatic carbocycles. The highest BCUT2D eigenvalue weighted by Crippen LogP contribution is 2.18. The van der Waals surface area contributed by atoms with Crippen LogP contribution in [-0.4, -0.2) is 17.3 Å². The molecule has 1 unspecified atom stereocenters. The van der Waals surface area contributed by atoms with Crippen LogP contribution in [-0.2, 0) is 6.54 Å². The number of nitrogens with one attached hydrogen (secondary N) is 1. The van der Waals surface area contributed by atoms with Crippen molar-refractivity contribution in [2.24, 2.45) is 5.92 Å². The second-order valence-electron chi connectivity index (χ2n) is 5.43. The van der Waals surface area contributed by atoms with Gasteiger partial charge in [0.15, 0.2) is 0 Å². The molecule has 0 heterocycles. The minimum Gasteiger partial charge on any atom is -0.389 e. The van der Waals surface area contributed by atoms with E-state index in [9.17, 15) is 9.50 Å². The summed E-state index contributed by atoms with van der Waals surface area (Å²) in [6.45, 7) is 6.84. The molecule has 0 aromatic heterocycles. The molecule has 0 aliphatic rings. The zero-order valence-electron chi connectivity index (χ0n) is 11.1. The lowest BCUT2D eigenvalue weighted by molar-refractivity contribution is 0.0383. The zero-order chi connectivity index (χ0) is 13.8. The lowest BCUT2D eigenvalue weighted by Gasteiger charge is -2.25. The minimum absolute atomic E-state index is 0.301. The van der Waals surface area contributed by atoms with Gasteiger partial charge >= 0.3 is 0 Å². The predicted octanol–water partition coefficient (Wildman–Crippen LogP) is 3.37. The first-order valence-corrected chi connectivity index (χ1v) is 6.55. The molecule has 0 saturated heterocycles. The molecule has 0 aliphatic carbocycles. The van der Waals surface area contributed by atoms with E-state index in [-0.39, 0.29) is 5.82 Å². The van der Waals surface area contributed by atoms with E-state index in [1.54, 1.807) is 13.0 Å². The standard InChI is InChI=1S/C14H21ClFNO/c1-10(2)7-14(3,18)9-17-8-11-6-12(16)4-5-13(11)15/h4-6,10,17-18H,7-9H2,1-3H3. The Hall–Kier alpha value is -0.640. The van der Waals surface area contributed by atoms with Gasteiger partial charge in [-0.1, -0.05) is 25.4 Å². The van der Waals surface area contributed by atoms with Crippen LogP contribution < -0.4 is 5.32 Å². The van der Waals surface area contributed by atoms with Crippen LogP contribution in [0.15, 0.2) is 18.2 Å². The SMILES string of the molecule is CC(C)CC(C)(O)CNCc1cc(F)ccc1Cl. The lowest BCUT2D eigenvalue weighted by atomic mass is 9.94. The molecular weight excluding hydrogens is 253 g/mol. The number of rotatable bonds is 6. The van der Waals surface area contributed by atoms with Gasteiger partial charge in [-0.2, -0.15) is 0 Å². The molecule has 0 bridgehead atoms. The second-order valence-corrected chi connectivity index (χ2v) is 5.84. The highest BCUT2D eigenvalue weighted by Gasteiger charge is 2.21. The number of halogens is 2. The van der Waals surface area contributed by atoms with Crippen LogP contribution in [0.4, 0.5) is 4.39 Å². The maximum absolute atomic E-state index is 13.0. The van der Waals surface area contributed by atoms with Crippen LogP contribution in [0.5, 0.6) is 0 Å². The third-order valence-electron chi connectivity index (χ3n) is 2.68. The number of hydrogen-bond donors (Lipinski definition) is 2. The van der Waals surface area contributed by atoms with Crippen LogP contribution in [0.25, 0.3) is 0 Å². The van der Waals surface area contributed by atoms with Crippen LogP contribution in [0, 0.1) is 11.7 Å². The molecule has 18 heavy (non-hydrogen) atoms. The van der Waals surface area contributed by atoms with E-state index >= 15 is 0 Å². The molecule has 1 aromatic rings. The molecule has 0 radical (unpaired) electrons. The average molecular weight is 274 g/mol. The molecule has 0 fully saturated rings. The van der Waals surface area contributed by atoms with E-state index in [0.717, 1.165) is 6.42 Å². The Morgan fingerprint density at radius 3 is 2.72 bits per heavy atom. The van der Waals surface area contributed by atoms with Gasteiger partial charge in [-0.3, -0.25) is 0 Å². The quantitative estimate of drug-likeness (QED) is 0.833. The van der Waals surface area contributed by atoms with Gasteiger partial charge in [0.25, 0.3) is 0 Å². The molecule has 2 N–H and O–H groups in total. The lowest BCUT2D eigenvalue weighted by Crippen LogP contribution is -2.38. The monoisotopic (exact) mass is 273 g/mol. The van der Waals surface area contributed by atoms with Crippen LogP contribution >= 0.6 is 11.6 Å². The van der Waals surface area contributed by atoms with Crippen molar-refractivity contribution in [2.75, 3.05) is 6.54 Å². The second kappa shape index (κ2) is 6.50. The summed E-state index contributed by atoms with van der Waals surface area (Å²) in [7, 11) is 0. The van der Waals surface area contributed by atoms with Gasteiger partial charge in [0, 0.05) is 18.1 Å². The largest absolute Gasteiger partial charge is 0.389 e. The van der Waals surface area contributed by atoms with E-state index in [0.29, 0.717) is 29.6 Å². The number of aliphatic hydroxyl groups is 1. The van der Waals surface area contributed by atoms with Crippen molar-refractivity contribution < 1.29 is 9.50 Å². The normalized spacial score (nSPS) is 14.8. The van der Waals surface area contributed by atoms with Crippen molar-refractivity contribution in [3.05, 3.63) is 34.6 Å². The summed E-state index contributed by atoms with van der Waals surface area (Å²) in [6, 6.07) is 4.29. The molecule has 0 saturated carbocycles. The summed E-state index contributed by atoms with van der Waals surface area (Å²) in [6.07, 6.45) is 0.719. The molecule has 4 heteroatoms. The van der Waals surface area contributed by atoms with Crippen molar-refractivity contribution in [3.8, 4) is 0 Å². The Labute approximate surface area is 113 Å². The topological polar surface area (TPSA) is 32.3 Å². The Balaban J connectivity index is 2.48. The third-order valence-corrected chi connectivity index (χ3v) is 3.05. The maximum Gasteiger partial charge on any atom is 0.123 e. The zero-order valence-corrected chi connectivity index (χ0v) is 11.9. The fourth-order valence-corrected chi connectivity index (χ4v) is 2.28. The fourth-order valence-electron chi connectivity index (χ4n) is 2.10. The first-order chi connectivity index (χ1) is 8.30. The smallest absolute Gasteiger partial charge is 0.123 e. The minimum atomic E-state index is -0.756. The Kier molecular flexibility index (Phi) is 5.57. The van der Waals surface area contributed by atoms with E-state index in [1.807, 2.05) is 0 Å².